The van der Waals surface area contributed by atoms with Gasteiger partial charge in [-0.05, 0) is 38.0 Å². The number of hydrogen-bond donors (Lipinski definition) is 1. The van der Waals surface area contributed by atoms with Gasteiger partial charge in [0.05, 0.1) is 11.8 Å². The van der Waals surface area contributed by atoms with Gasteiger partial charge in [-0.1, -0.05) is 20.8 Å². The first kappa shape index (κ1) is 23.7. The zero-order valence-electron chi connectivity index (χ0n) is 20.7. The first-order valence-electron chi connectivity index (χ1n) is 12.3. The number of ether oxygens (including phenoxy) is 1. The summed E-state index contributed by atoms with van der Waals surface area (Å²) < 4.78 is 7.96. The molecule has 2 aliphatic rings. The summed E-state index contributed by atoms with van der Waals surface area (Å²) in [6.45, 7) is 9.46. The number of piperidine rings is 1. The van der Waals surface area contributed by atoms with Gasteiger partial charge in [0.2, 0.25) is 11.8 Å². The molecule has 0 bridgehead atoms. The highest BCUT2D eigenvalue weighted by Crippen LogP contribution is 2.31. The van der Waals surface area contributed by atoms with Crippen LogP contribution in [-0.2, 0) is 4.79 Å². The fourth-order valence-corrected chi connectivity index (χ4v) is 4.80. The smallest absolute Gasteiger partial charge is 0.272 e. The van der Waals surface area contributed by atoms with E-state index in [1.807, 2.05) is 23.4 Å². The number of nitrogens with one attached hydrogen (secondary N) is 1. The van der Waals surface area contributed by atoms with Crippen LogP contribution in [0.2, 0.25) is 0 Å². The molecule has 1 unspecified atom stereocenters. The van der Waals surface area contributed by atoms with Crippen LogP contribution < -0.4 is 10.1 Å². The van der Waals surface area contributed by atoms with E-state index in [4.69, 9.17) is 4.74 Å². The average molecular weight is 497 g/mol. The zero-order chi connectivity index (χ0) is 24.7. The molecule has 1 saturated heterocycles. The molecule has 0 radical (unpaired) electrons. The summed E-state index contributed by atoms with van der Waals surface area (Å²) in [4.78, 5) is 37.6. The minimum Gasteiger partial charge on any atom is -0.474 e. The topological polar surface area (TPSA) is 102 Å². The maximum Gasteiger partial charge on any atom is 0.272 e. The van der Waals surface area contributed by atoms with Crippen molar-refractivity contribution in [1.29, 1.82) is 0 Å². The molecule has 1 aliphatic carbocycles. The number of nitrogens with zero attached hydrogens (tertiary/aromatic N) is 5. The number of carbonyl (C=O) groups excluding carboxylic acids is 2. The van der Waals surface area contributed by atoms with Gasteiger partial charge >= 0.3 is 0 Å². The van der Waals surface area contributed by atoms with Gasteiger partial charge in [0.15, 0.2) is 5.82 Å². The molecule has 9 nitrogen and oxygen atoms in total. The summed E-state index contributed by atoms with van der Waals surface area (Å²) in [7, 11) is 0. The largest absolute Gasteiger partial charge is 0.474 e. The predicted octanol–water partition coefficient (Wildman–Crippen LogP) is 3.80. The third-order valence-electron chi connectivity index (χ3n) is 6.89. The number of carbonyl (C=O) groups is 2. The van der Waals surface area contributed by atoms with Crippen LogP contribution >= 0.6 is 11.3 Å². The summed E-state index contributed by atoms with van der Waals surface area (Å²) in [5, 5.41) is 9.46. The normalized spacial score (nSPS) is 18.0. The number of fused-ring (bicyclic) bond motifs is 1. The number of likely N-dealkylation sites (tertiary alicyclic amines) is 1. The monoisotopic (exact) mass is 496 g/mol. The minimum atomic E-state index is -0.150. The van der Waals surface area contributed by atoms with Crippen LogP contribution in [0.1, 0.15) is 63.9 Å². The van der Waals surface area contributed by atoms with Gasteiger partial charge in [-0.25, -0.2) is 9.50 Å². The fourth-order valence-electron chi connectivity index (χ4n) is 4.01. The number of thiazole rings is 1. The van der Waals surface area contributed by atoms with Crippen molar-refractivity contribution in [2.75, 3.05) is 13.1 Å². The molecule has 4 heterocycles. The Labute approximate surface area is 208 Å². The molecular formula is C25H32N6O3S. The highest BCUT2D eigenvalue weighted by atomic mass is 32.1. The highest BCUT2D eigenvalue weighted by molar-refractivity contribution is 7.16. The summed E-state index contributed by atoms with van der Waals surface area (Å²) in [5.41, 5.74) is 0.979. The summed E-state index contributed by atoms with van der Waals surface area (Å²) in [6, 6.07) is 1.77. The molecule has 3 aromatic heterocycles. The second-order valence-electron chi connectivity index (χ2n) is 10.6. The van der Waals surface area contributed by atoms with Gasteiger partial charge in [-0.15, -0.1) is 11.3 Å². The summed E-state index contributed by atoms with van der Waals surface area (Å²) in [5.74, 6) is 1.01. The van der Waals surface area contributed by atoms with Crippen molar-refractivity contribution in [2.24, 2.45) is 11.3 Å². The van der Waals surface area contributed by atoms with Crippen LogP contribution in [0.5, 0.6) is 5.88 Å². The van der Waals surface area contributed by atoms with E-state index in [9.17, 15) is 9.59 Å². The van der Waals surface area contributed by atoms with Gasteiger partial charge in [0.25, 0.3) is 5.91 Å². The molecule has 1 aliphatic heterocycles. The molecule has 0 aromatic carbocycles. The van der Waals surface area contributed by atoms with Crippen LogP contribution in [0.15, 0.2) is 23.8 Å². The number of rotatable bonds is 6. The van der Waals surface area contributed by atoms with E-state index in [0.29, 0.717) is 30.5 Å². The third-order valence-corrected chi connectivity index (χ3v) is 7.78. The Kier molecular flexibility index (Phi) is 6.25. The molecule has 35 heavy (non-hydrogen) atoms. The number of aromatic nitrogens is 4. The van der Waals surface area contributed by atoms with Gasteiger partial charge in [0, 0.05) is 42.7 Å². The predicted molar refractivity (Wildman–Crippen MR) is 133 cm³/mol. The van der Waals surface area contributed by atoms with Crippen molar-refractivity contribution >= 4 is 28.0 Å². The Morgan fingerprint density at radius 1 is 1.17 bits per heavy atom. The number of hydrogen-bond acceptors (Lipinski definition) is 7. The highest BCUT2D eigenvalue weighted by Gasteiger charge is 2.33. The molecule has 186 valence electrons. The van der Waals surface area contributed by atoms with Crippen molar-refractivity contribution in [1.82, 2.24) is 29.8 Å². The Morgan fingerprint density at radius 3 is 2.60 bits per heavy atom. The fraction of sp³-hybridized carbons (Fsp3) is 0.560. The molecule has 5 rings (SSSR count). The van der Waals surface area contributed by atoms with E-state index in [1.165, 1.54) is 0 Å². The van der Waals surface area contributed by atoms with Gasteiger partial charge in [0.1, 0.15) is 16.6 Å². The maximum absolute atomic E-state index is 13.5. The molecule has 1 N–H and O–H groups in total. The van der Waals surface area contributed by atoms with Crippen LogP contribution in [-0.4, -0.2) is 61.5 Å². The molecule has 3 aromatic rings. The first-order chi connectivity index (χ1) is 16.7. The van der Waals surface area contributed by atoms with Crippen molar-refractivity contribution in [3.63, 3.8) is 0 Å². The van der Waals surface area contributed by atoms with Crippen LogP contribution in [0.4, 0.5) is 0 Å². The second kappa shape index (κ2) is 9.22. The van der Waals surface area contributed by atoms with Crippen LogP contribution in [0.3, 0.4) is 0 Å². The maximum atomic E-state index is 13.5. The van der Waals surface area contributed by atoms with E-state index < -0.39 is 0 Å². The third kappa shape index (κ3) is 5.17. The number of amides is 2. The van der Waals surface area contributed by atoms with E-state index in [2.05, 4.69) is 41.2 Å². The van der Waals surface area contributed by atoms with Crippen molar-refractivity contribution < 1.29 is 14.3 Å². The van der Waals surface area contributed by atoms with E-state index in [0.717, 1.165) is 36.1 Å². The van der Waals surface area contributed by atoms with E-state index in [1.54, 1.807) is 28.1 Å². The van der Waals surface area contributed by atoms with Gasteiger partial charge in [-0.2, -0.15) is 10.1 Å². The molecule has 2 fully saturated rings. The standard InChI is InChI=1S/C25H32N6O3S/c1-15(25(2,3)4)34-20-13-19(28-21(29-20)18-14-26-31-11-12-35-24(18)31)23(33)30-9-7-17(8-10-30)27-22(32)16-5-6-16/h11-17H,5-10H2,1-4H3,(H,27,32). The molecule has 1 saturated carbocycles. The Bertz CT molecular complexity index is 1230. The Morgan fingerprint density at radius 2 is 1.91 bits per heavy atom. The summed E-state index contributed by atoms with van der Waals surface area (Å²) >= 11 is 1.54. The van der Waals surface area contributed by atoms with Gasteiger partial charge < -0.3 is 15.0 Å². The molecule has 0 spiro atoms. The molecule has 1 atom stereocenters. The lowest BCUT2D eigenvalue weighted by molar-refractivity contribution is -0.123. The van der Waals surface area contributed by atoms with Crippen molar-refractivity contribution in [3.8, 4) is 17.3 Å². The minimum absolute atomic E-state index is 0.0964. The lowest BCUT2D eigenvalue weighted by Gasteiger charge is -2.32. The Hall–Kier alpha value is -3.01. The zero-order valence-corrected chi connectivity index (χ0v) is 21.5. The average Bonchev–Trinajstić information content (AvgIpc) is 3.44. The summed E-state index contributed by atoms with van der Waals surface area (Å²) in [6.07, 6.45) is 6.95. The van der Waals surface area contributed by atoms with Crippen LogP contribution in [0.25, 0.3) is 16.2 Å². The SMILES string of the molecule is CC(Oc1cc(C(=O)N2CCC(NC(=O)C3CC3)CC2)nc(-c2cnn3ccsc23)n1)C(C)(C)C. The van der Waals surface area contributed by atoms with E-state index in [-0.39, 0.29) is 35.3 Å². The molecule has 2 amide bonds. The second-order valence-corrected chi connectivity index (χ2v) is 11.5. The molecule has 10 heteroatoms. The van der Waals surface area contributed by atoms with E-state index >= 15 is 0 Å². The first-order valence-corrected chi connectivity index (χ1v) is 13.1. The quantitative estimate of drug-likeness (QED) is 0.557. The van der Waals surface area contributed by atoms with Gasteiger partial charge in [-0.3, -0.25) is 9.59 Å². The molecular weight excluding hydrogens is 464 g/mol. The lowest BCUT2D eigenvalue weighted by Crippen LogP contribution is -2.47. The van der Waals surface area contributed by atoms with Crippen molar-refractivity contribution in [2.45, 2.75) is 65.5 Å². The van der Waals surface area contributed by atoms with Crippen LogP contribution in [0, 0.1) is 11.3 Å². The Balaban J connectivity index is 1.38. The van der Waals surface area contributed by atoms with Crippen molar-refractivity contribution in [3.05, 3.63) is 29.5 Å². The lowest BCUT2D eigenvalue weighted by atomic mass is 9.90.